The molecule has 114 valence electrons. The lowest BCUT2D eigenvalue weighted by molar-refractivity contribution is -0.671. The highest BCUT2D eigenvalue weighted by atomic mass is 35.5. The van der Waals surface area contributed by atoms with Crippen LogP contribution in [0.2, 0.25) is 0 Å². The Kier molecular flexibility index (Phi) is 10.3. The average Bonchev–Trinajstić information content (AvgIpc) is 2.69. The van der Waals surface area contributed by atoms with Crippen molar-refractivity contribution in [1.29, 1.82) is 0 Å². The minimum Gasteiger partial charge on any atom is -1.00 e. The highest BCUT2D eigenvalue weighted by Crippen LogP contribution is 2.17. The molecule has 0 bridgehead atoms. The van der Waals surface area contributed by atoms with Gasteiger partial charge in [-0.1, -0.05) is 0 Å². The molecule has 0 unspecified atom stereocenters. The molecule has 1 aromatic carbocycles. The van der Waals surface area contributed by atoms with Crippen molar-refractivity contribution in [2.24, 2.45) is 7.05 Å². The minimum atomic E-state index is 0. The Bertz CT molecular complexity index is 514. The number of hydrogen-bond donors (Lipinski definition) is 2. The van der Waals surface area contributed by atoms with Crippen LogP contribution in [-0.2, 0) is 20.0 Å². The van der Waals surface area contributed by atoms with Crippen LogP contribution in [0.4, 0.5) is 11.4 Å². The largest absolute Gasteiger partial charge is 1.00 e. The number of imidazole rings is 1. The number of anilines is 2. The van der Waals surface area contributed by atoms with Crippen molar-refractivity contribution in [3.63, 3.8) is 0 Å². The van der Waals surface area contributed by atoms with Gasteiger partial charge in [0, 0.05) is 11.4 Å². The van der Waals surface area contributed by atoms with E-state index in [4.69, 9.17) is 11.5 Å². The zero-order valence-corrected chi connectivity index (χ0v) is 13.7. The highest BCUT2D eigenvalue weighted by molar-refractivity contribution is 5.85. The van der Waals surface area contributed by atoms with E-state index in [1.54, 1.807) is 0 Å². The Hall–Kier alpha value is -1.10. The molecule has 0 atom stereocenters. The van der Waals surface area contributed by atoms with Gasteiger partial charge in [0.05, 0.1) is 13.6 Å². The van der Waals surface area contributed by atoms with E-state index in [1.165, 1.54) is 0 Å². The number of aryl methyl sites for hydroxylation is 3. The second kappa shape index (κ2) is 9.75. The van der Waals surface area contributed by atoms with Gasteiger partial charge in [-0.15, -0.1) is 24.8 Å². The molecule has 7 heteroatoms. The molecule has 20 heavy (non-hydrogen) atoms. The summed E-state index contributed by atoms with van der Waals surface area (Å²) in [7, 11) is 2.02. The Labute approximate surface area is 138 Å². The zero-order chi connectivity index (χ0) is 12.3. The fourth-order valence-electron chi connectivity index (χ4n) is 1.93. The van der Waals surface area contributed by atoms with Crippen molar-refractivity contribution < 1.29 is 17.0 Å². The number of nitrogens with zero attached hydrogens (tertiary/aromatic N) is 2. The molecule has 0 aliphatic heterocycles. The lowest BCUT2D eigenvalue weighted by atomic mass is 10.1. The topological polar surface area (TPSA) is 60.8 Å². The van der Waals surface area contributed by atoms with Crippen molar-refractivity contribution in [1.82, 2.24) is 4.57 Å². The molecular weight excluding hydrogens is 319 g/mol. The van der Waals surface area contributed by atoms with E-state index in [-0.39, 0.29) is 37.2 Å². The van der Waals surface area contributed by atoms with E-state index in [0.29, 0.717) is 0 Å². The van der Waals surface area contributed by atoms with E-state index in [1.807, 2.05) is 36.0 Å². The monoisotopic (exact) mass is 338 g/mol. The molecule has 1 heterocycles. The molecule has 0 spiro atoms. The summed E-state index contributed by atoms with van der Waals surface area (Å²) in [6, 6.07) is 5.68. The number of rotatable bonds is 4. The molecule has 0 amide bonds. The predicted octanol–water partition coefficient (Wildman–Crippen LogP) is -1.04. The molecule has 4 nitrogen and oxygen atoms in total. The van der Waals surface area contributed by atoms with Gasteiger partial charge < -0.3 is 23.9 Å². The van der Waals surface area contributed by atoms with E-state index >= 15 is 0 Å². The van der Waals surface area contributed by atoms with Crippen LogP contribution in [0.25, 0.3) is 0 Å². The summed E-state index contributed by atoms with van der Waals surface area (Å²) >= 11 is 0. The van der Waals surface area contributed by atoms with Crippen molar-refractivity contribution in [2.45, 2.75) is 19.4 Å². The number of benzene rings is 1. The Morgan fingerprint density at radius 2 is 1.90 bits per heavy atom. The van der Waals surface area contributed by atoms with Crippen LogP contribution in [0.1, 0.15) is 12.0 Å². The maximum atomic E-state index is 5.91. The van der Waals surface area contributed by atoms with Gasteiger partial charge in [0.25, 0.3) is 0 Å². The number of hydrogen-bond acceptors (Lipinski definition) is 2. The normalized spacial score (nSPS) is 9.05. The lowest BCUT2D eigenvalue weighted by Crippen LogP contribution is -3.00. The maximum Gasteiger partial charge on any atom is 0.243 e. The van der Waals surface area contributed by atoms with Crippen LogP contribution < -0.4 is 28.4 Å². The molecule has 0 saturated heterocycles. The first-order chi connectivity index (χ1) is 8.15. The third-order valence-corrected chi connectivity index (χ3v) is 2.85. The molecular formula is C13H21Cl3N4. The number of halogens is 3. The van der Waals surface area contributed by atoms with Crippen LogP contribution in [0, 0.1) is 0 Å². The first kappa shape index (κ1) is 21.2. The van der Waals surface area contributed by atoms with Crippen LogP contribution in [0.15, 0.2) is 36.9 Å². The molecule has 0 fully saturated rings. The summed E-state index contributed by atoms with van der Waals surface area (Å²) in [6.45, 7) is 0.995. The molecule has 4 N–H and O–H groups in total. The molecule has 2 rings (SSSR count). The van der Waals surface area contributed by atoms with Gasteiger partial charge >= 0.3 is 0 Å². The number of nitrogen functional groups attached to an aromatic ring is 2. The molecule has 2 aromatic rings. The first-order valence-corrected chi connectivity index (χ1v) is 5.80. The lowest BCUT2D eigenvalue weighted by Gasteiger charge is -2.05. The van der Waals surface area contributed by atoms with Crippen molar-refractivity contribution >= 4 is 36.2 Å². The summed E-state index contributed by atoms with van der Waals surface area (Å²) in [5.41, 5.74) is 14.4. The summed E-state index contributed by atoms with van der Waals surface area (Å²) in [4.78, 5) is 0. The fraction of sp³-hybridized carbons (Fsp3) is 0.308. The SMILES string of the molecule is C[n+]1ccn(CCCc2cc(N)ccc2N)c1.Cl.Cl.[Cl-]. The van der Waals surface area contributed by atoms with Crippen LogP contribution in [0.5, 0.6) is 0 Å². The summed E-state index contributed by atoms with van der Waals surface area (Å²) in [5, 5.41) is 0. The zero-order valence-electron chi connectivity index (χ0n) is 11.3. The highest BCUT2D eigenvalue weighted by Gasteiger charge is 2.03. The molecule has 0 aliphatic rings. The average molecular weight is 340 g/mol. The maximum absolute atomic E-state index is 5.91. The van der Waals surface area contributed by atoms with E-state index in [2.05, 4.69) is 17.1 Å². The standard InChI is InChI=1S/C13H19N4.3ClH/c1-16-7-8-17(10-16)6-2-3-11-9-12(14)4-5-13(11)15;;;/h4-5,7-10H,2-3,6,14-15H2,1H3;3*1H/q+1;;;/p-1. The second-order valence-electron chi connectivity index (χ2n) is 4.38. The Balaban J connectivity index is 0. The van der Waals surface area contributed by atoms with E-state index in [9.17, 15) is 0 Å². The summed E-state index contributed by atoms with van der Waals surface area (Å²) in [5.74, 6) is 0. The van der Waals surface area contributed by atoms with Gasteiger partial charge in [-0.2, -0.15) is 0 Å². The van der Waals surface area contributed by atoms with Crippen LogP contribution in [0.3, 0.4) is 0 Å². The number of aromatic nitrogens is 2. The van der Waals surface area contributed by atoms with Gasteiger partial charge in [-0.05, 0) is 36.6 Å². The van der Waals surface area contributed by atoms with Gasteiger partial charge in [-0.25, -0.2) is 9.13 Å². The summed E-state index contributed by atoms with van der Waals surface area (Å²) in [6.07, 6.45) is 8.20. The van der Waals surface area contributed by atoms with Gasteiger partial charge in [0.1, 0.15) is 12.4 Å². The third-order valence-electron chi connectivity index (χ3n) is 2.85. The van der Waals surface area contributed by atoms with E-state index < -0.39 is 0 Å². The predicted molar refractivity (Wildman–Crippen MR) is 83.7 cm³/mol. The quantitative estimate of drug-likeness (QED) is 0.552. The van der Waals surface area contributed by atoms with E-state index in [0.717, 1.165) is 36.3 Å². The third kappa shape index (κ3) is 5.90. The Morgan fingerprint density at radius 3 is 2.50 bits per heavy atom. The van der Waals surface area contributed by atoms with Crippen molar-refractivity contribution in [3.05, 3.63) is 42.5 Å². The smallest absolute Gasteiger partial charge is 0.243 e. The summed E-state index contributed by atoms with van der Waals surface area (Å²) < 4.78 is 4.21. The molecule has 0 aliphatic carbocycles. The molecule has 0 radical (unpaired) electrons. The van der Waals surface area contributed by atoms with Crippen molar-refractivity contribution in [3.8, 4) is 0 Å². The number of nitrogens with two attached hydrogens (primary N) is 2. The second-order valence-corrected chi connectivity index (χ2v) is 4.38. The fourth-order valence-corrected chi connectivity index (χ4v) is 1.93. The van der Waals surface area contributed by atoms with Crippen molar-refractivity contribution in [2.75, 3.05) is 11.5 Å². The van der Waals surface area contributed by atoms with Crippen LogP contribution >= 0.6 is 24.8 Å². The molecule has 1 aromatic heterocycles. The van der Waals surface area contributed by atoms with Gasteiger partial charge in [-0.3, -0.25) is 0 Å². The molecule has 0 saturated carbocycles. The first-order valence-electron chi connectivity index (χ1n) is 5.80. The Morgan fingerprint density at radius 1 is 1.20 bits per heavy atom. The minimum absolute atomic E-state index is 0. The van der Waals surface area contributed by atoms with Crippen LogP contribution in [-0.4, -0.2) is 4.57 Å². The van der Waals surface area contributed by atoms with Gasteiger partial charge in [0.2, 0.25) is 6.33 Å². The van der Waals surface area contributed by atoms with Gasteiger partial charge in [0.15, 0.2) is 0 Å².